The van der Waals surface area contributed by atoms with Crippen molar-refractivity contribution >= 4 is 0 Å². The molecule has 1 aromatic carbocycles. The smallest absolute Gasteiger partial charge is 0.276 e. The Bertz CT molecular complexity index is 841. The third-order valence-corrected chi connectivity index (χ3v) is 6.20. The Hall–Kier alpha value is -1.89. The third kappa shape index (κ3) is 5.00. The highest BCUT2D eigenvalue weighted by molar-refractivity contribution is 5.33. The van der Waals surface area contributed by atoms with Crippen molar-refractivity contribution in [3.8, 4) is 5.69 Å². The molecule has 1 aliphatic heterocycles. The first-order valence-corrected chi connectivity index (χ1v) is 10.8. The molecule has 6 heteroatoms. The first-order valence-electron chi connectivity index (χ1n) is 10.8. The Morgan fingerprint density at radius 2 is 1.90 bits per heavy atom. The lowest BCUT2D eigenvalue weighted by Crippen LogP contribution is -2.53. The Labute approximate surface area is 174 Å². The van der Waals surface area contributed by atoms with Gasteiger partial charge >= 0.3 is 0 Å². The van der Waals surface area contributed by atoms with Crippen molar-refractivity contribution in [1.82, 2.24) is 19.2 Å². The number of aliphatic hydroxyl groups is 1. The molecular weight excluding hydrogens is 364 g/mol. The molecule has 3 rings (SSSR count). The first kappa shape index (κ1) is 21.8. The van der Waals surface area contributed by atoms with Crippen molar-refractivity contribution in [3.05, 3.63) is 51.9 Å². The van der Waals surface area contributed by atoms with E-state index in [1.54, 1.807) is 4.68 Å². The van der Waals surface area contributed by atoms with Gasteiger partial charge in [-0.05, 0) is 44.4 Å². The lowest BCUT2D eigenvalue weighted by atomic mass is 10.0. The fourth-order valence-corrected chi connectivity index (χ4v) is 4.27. The van der Waals surface area contributed by atoms with E-state index in [9.17, 15) is 9.90 Å². The zero-order chi connectivity index (χ0) is 21.0. The van der Waals surface area contributed by atoms with Gasteiger partial charge in [-0.3, -0.25) is 19.3 Å². The normalized spacial score (nSPS) is 18.6. The number of hydrogen-bond donors (Lipinski definition) is 1. The molecule has 0 bridgehead atoms. The summed E-state index contributed by atoms with van der Waals surface area (Å²) in [5.74, 6) is 0.686. The third-order valence-electron chi connectivity index (χ3n) is 6.20. The number of nitrogens with zero attached hydrogens (tertiary/aromatic N) is 4. The lowest BCUT2D eigenvalue weighted by molar-refractivity contribution is 0.0521. The number of rotatable bonds is 8. The Morgan fingerprint density at radius 3 is 2.55 bits per heavy atom. The summed E-state index contributed by atoms with van der Waals surface area (Å²) in [6.45, 7) is 11.4. The van der Waals surface area contributed by atoms with E-state index in [-0.39, 0.29) is 12.2 Å². The molecule has 1 saturated heterocycles. The molecule has 6 nitrogen and oxygen atoms in total. The van der Waals surface area contributed by atoms with Crippen molar-refractivity contribution in [3.63, 3.8) is 0 Å². The average Bonchev–Trinajstić information content (AvgIpc) is 2.91. The molecule has 0 unspecified atom stereocenters. The molecular formula is C23H36N4O2. The Morgan fingerprint density at radius 1 is 1.17 bits per heavy atom. The standard InChI is InChI=1S/C23H36N4O2/c1-18(2)10-12-26-14-13-25(16-21(26)11-15-28)17-22-19(3)24(4)27(23(22)29)20-8-6-5-7-9-20/h5-9,18,21,28H,10-17H2,1-4H3/t21-/m0/s1. The Balaban J connectivity index is 1.76. The highest BCUT2D eigenvalue weighted by atomic mass is 16.3. The molecule has 0 spiro atoms. The van der Waals surface area contributed by atoms with Gasteiger partial charge in [-0.15, -0.1) is 0 Å². The summed E-state index contributed by atoms with van der Waals surface area (Å²) >= 11 is 0. The van der Waals surface area contributed by atoms with Crippen LogP contribution in [0.1, 0.15) is 37.9 Å². The van der Waals surface area contributed by atoms with Gasteiger partial charge in [0.2, 0.25) is 0 Å². The predicted octanol–water partition coefficient (Wildman–Crippen LogP) is 2.40. The second kappa shape index (κ2) is 9.74. The van der Waals surface area contributed by atoms with E-state index in [0.717, 1.165) is 49.5 Å². The van der Waals surface area contributed by atoms with Crippen LogP contribution in [0, 0.1) is 12.8 Å². The number of benzene rings is 1. The summed E-state index contributed by atoms with van der Waals surface area (Å²) in [6, 6.07) is 10.2. The molecule has 1 aromatic heterocycles. The second-order valence-electron chi connectivity index (χ2n) is 8.66. The highest BCUT2D eigenvalue weighted by Gasteiger charge is 2.28. The fraction of sp³-hybridized carbons (Fsp3) is 0.609. The van der Waals surface area contributed by atoms with Gasteiger partial charge in [-0.2, -0.15) is 0 Å². The molecule has 1 fully saturated rings. The minimum absolute atomic E-state index is 0.0668. The summed E-state index contributed by atoms with van der Waals surface area (Å²) < 4.78 is 3.71. The van der Waals surface area contributed by atoms with Gasteiger partial charge in [0, 0.05) is 51.6 Å². The van der Waals surface area contributed by atoms with Crippen LogP contribution in [0.15, 0.2) is 35.1 Å². The van der Waals surface area contributed by atoms with E-state index < -0.39 is 0 Å². The first-order chi connectivity index (χ1) is 13.9. The largest absolute Gasteiger partial charge is 0.396 e. The fourth-order valence-electron chi connectivity index (χ4n) is 4.27. The molecule has 1 N–H and O–H groups in total. The quantitative estimate of drug-likeness (QED) is 0.739. The van der Waals surface area contributed by atoms with E-state index in [1.807, 2.05) is 49.0 Å². The molecule has 0 saturated carbocycles. The molecule has 0 radical (unpaired) electrons. The van der Waals surface area contributed by atoms with E-state index in [0.29, 0.717) is 18.5 Å². The van der Waals surface area contributed by atoms with Crippen molar-refractivity contribution in [1.29, 1.82) is 0 Å². The molecule has 160 valence electrons. The van der Waals surface area contributed by atoms with Crippen LogP contribution < -0.4 is 5.56 Å². The summed E-state index contributed by atoms with van der Waals surface area (Å²) in [6.07, 6.45) is 1.97. The molecule has 0 aliphatic carbocycles. The van der Waals surface area contributed by atoms with Crippen LogP contribution in [0.5, 0.6) is 0 Å². The van der Waals surface area contributed by atoms with Gasteiger partial charge in [0.25, 0.3) is 5.56 Å². The van der Waals surface area contributed by atoms with Gasteiger partial charge in [-0.1, -0.05) is 32.0 Å². The number of aliphatic hydroxyl groups excluding tert-OH is 1. The summed E-state index contributed by atoms with van der Waals surface area (Å²) in [5.41, 5.74) is 2.85. The molecule has 1 aliphatic rings. The van der Waals surface area contributed by atoms with Gasteiger partial charge in [0.15, 0.2) is 0 Å². The van der Waals surface area contributed by atoms with Crippen LogP contribution in [0.4, 0.5) is 0 Å². The summed E-state index contributed by atoms with van der Waals surface area (Å²) in [7, 11) is 1.95. The molecule has 0 amide bonds. The van der Waals surface area contributed by atoms with Crippen molar-refractivity contribution in [2.24, 2.45) is 13.0 Å². The van der Waals surface area contributed by atoms with Crippen molar-refractivity contribution in [2.75, 3.05) is 32.8 Å². The van der Waals surface area contributed by atoms with E-state index in [1.165, 1.54) is 6.42 Å². The van der Waals surface area contributed by atoms with Gasteiger partial charge in [-0.25, -0.2) is 4.68 Å². The number of piperazine rings is 1. The van der Waals surface area contributed by atoms with Gasteiger partial charge in [0.1, 0.15) is 0 Å². The number of hydrogen-bond acceptors (Lipinski definition) is 4. The summed E-state index contributed by atoms with van der Waals surface area (Å²) in [5, 5.41) is 9.54. The maximum Gasteiger partial charge on any atom is 0.276 e. The van der Waals surface area contributed by atoms with E-state index >= 15 is 0 Å². The van der Waals surface area contributed by atoms with Crippen LogP contribution in [0.2, 0.25) is 0 Å². The molecule has 29 heavy (non-hydrogen) atoms. The molecule has 2 aromatic rings. The SMILES string of the molecule is Cc1c(CN2CCN(CCC(C)C)[C@@H](CCO)C2)c(=O)n(-c2ccccc2)n1C. The van der Waals surface area contributed by atoms with Gasteiger partial charge in [0.05, 0.1) is 11.3 Å². The van der Waals surface area contributed by atoms with Crippen LogP contribution in [0.3, 0.4) is 0 Å². The maximum atomic E-state index is 13.2. The minimum atomic E-state index is 0.0668. The maximum absolute atomic E-state index is 13.2. The monoisotopic (exact) mass is 400 g/mol. The molecule has 1 atom stereocenters. The van der Waals surface area contributed by atoms with E-state index in [2.05, 4.69) is 23.6 Å². The topological polar surface area (TPSA) is 53.6 Å². The van der Waals surface area contributed by atoms with Crippen molar-refractivity contribution in [2.45, 2.75) is 46.2 Å². The van der Waals surface area contributed by atoms with Crippen LogP contribution in [0.25, 0.3) is 5.69 Å². The Kier molecular flexibility index (Phi) is 7.33. The summed E-state index contributed by atoms with van der Waals surface area (Å²) in [4.78, 5) is 18.1. The van der Waals surface area contributed by atoms with Crippen LogP contribution in [-0.4, -0.2) is 63.1 Å². The zero-order valence-electron chi connectivity index (χ0n) is 18.3. The highest BCUT2D eigenvalue weighted by Crippen LogP contribution is 2.18. The predicted molar refractivity (Wildman–Crippen MR) is 118 cm³/mol. The number of para-hydroxylation sites is 1. The zero-order valence-corrected chi connectivity index (χ0v) is 18.3. The van der Waals surface area contributed by atoms with Gasteiger partial charge < -0.3 is 5.11 Å². The van der Waals surface area contributed by atoms with Crippen molar-refractivity contribution < 1.29 is 5.11 Å². The van der Waals surface area contributed by atoms with Crippen LogP contribution >= 0.6 is 0 Å². The number of aromatic nitrogens is 2. The lowest BCUT2D eigenvalue weighted by Gasteiger charge is -2.41. The molecule has 2 heterocycles. The minimum Gasteiger partial charge on any atom is -0.396 e. The average molecular weight is 401 g/mol. The van der Waals surface area contributed by atoms with Crippen LogP contribution in [-0.2, 0) is 13.6 Å². The van der Waals surface area contributed by atoms with E-state index in [4.69, 9.17) is 0 Å². The second-order valence-corrected chi connectivity index (χ2v) is 8.66.